The Morgan fingerprint density at radius 2 is 1.44 bits per heavy atom. The van der Waals surface area contributed by atoms with Crippen LogP contribution in [0.4, 0.5) is 0 Å². The summed E-state index contributed by atoms with van der Waals surface area (Å²) in [7, 11) is 0. The van der Waals surface area contributed by atoms with Gasteiger partial charge < -0.3 is 14.2 Å². The lowest BCUT2D eigenvalue weighted by Crippen LogP contribution is -2.11. The highest BCUT2D eigenvalue weighted by molar-refractivity contribution is 5.99. The van der Waals surface area contributed by atoms with Crippen LogP contribution >= 0.6 is 0 Å². The molecule has 0 amide bonds. The van der Waals surface area contributed by atoms with Crippen LogP contribution in [0.2, 0.25) is 0 Å². The van der Waals surface area contributed by atoms with Crippen molar-refractivity contribution in [1.82, 2.24) is 0 Å². The van der Waals surface area contributed by atoms with Crippen LogP contribution in [0.25, 0.3) is 12.2 Å². The summed E-state index contributed by atoms with van der Waals surface area (Å²) in [6.45, 7) is 8.00. The quantitative estimate of drug-likeness (QED) is 0.220. The first-order valence-corrected chi connectivity index (χ1v) is 10.8. The molecule has 7 nitrogen and oxygen atoms in total. The van der Waals surface area contributed by atoms with Gasteiger partial charge in [-0.05, 0) is 60.7 Å². The average molecular weight is 459 g/mol. The molecule has 0 saturated carbocycles. The Balaban J connectivity index is 2.30. The van der Waals surface area contributed by atoms with Gasteiger partial charge in [-0.15, -0.1) is 0 Å². The van der Waals surface area contributed by atoms with E-state index in [0.29, 0.717) is 17.0 Å². The Morgan fingerprint density at radius 3 is 2.00 bits per heavy atom. The van der Waals surface area contributed by atoms with Crippen molar-refractivity contribution >= 4 is 24.1 Å². The van der Waals surface area contributed by atoms with Crippen LogP contribution < -0.4 is 9.47 Å². The van der Waals surface area contributed by atoms with Crippen molar-refractivity contribution in [3.63, 3.8) is 0 Å². The Morgan fingerprint density at radius 1 is 0.853 bits per heavy atom. The van der Waals surface area contributed by atoms with E-state index in [9.17, 15) is 20.1 Å². The Labute approximate surface area is 199 Å². The molecule has 0 atom stereocenters. The number of nitriles is 2. The number of hydrogen-bond donors (Lipinski definition) is 0. The minimum Gasteiger partial charge on any atom is -0.490 e. The molecule has 174 valence electrons. The van der Waals surface area contributed by atoms with Gasteiger partial charge in [0, 0.05) is 0 Å². The van der Waals surface area contributed by atoms with Gasteiger partial charge in [-0.3, -0.25) is 0 Å². The molecule has 0 fully saturated rings. The molecule has 0 N–H and O–H groups in total. The van der Waals surface area contributed by atoms with Crippen molar-refractivity contribution in [1.29, 1.82) is 10.5 Å². The summed E-state index contributed by atoms with van der Waals surface area (Å²) in [5, 5.41) is 18.7. The fourth-order valence-electron chi connectivity index (χ4n) is 2.91. The molecular formula is C27H26N2O5. The minimum absolute atomic E-state index is 0.106. The van der Waals surface area contributed by atoms with E-state index in [0.717, 1.165) is 5.56 Å². The first-order chi connectivity index (χ1) is 16.3. The van der Waals surface area contributed by atoms with Crippen LogP contribution in [0.5, 0.6) is 11.5 Å². The van der Waals surface area contributed by atoms with E-state index in [1.165, 1.54) is 24.3 Å². The van der Waals surface area contributed by atoms with Gasteiger partial charge in [-0.2, -0.15) is 10.5 Å². The molecule has 0 aliphatic heterocycles. The number of ether oxygens (including phenoxy) is 3. The maximum absolute atomic E-state index is 12.7. The van der Waals surface area contributed by atoms with E-state index in [4.69, 9.17) is 14.2 Å². The number of carbonyl (C=O) groups excluding carboxylic acids is 2. The van der Waals surface area contributed by atoms with E-state index in [1.807, 2.05) is 30.3 Å². The zero-order valence-corrected chi connectivity index (χ0v) is 19.6. The number of hydrogen-bond acceptors (Lipinski definition) is 7. The predicted molar refractivity (Wildman–Crippen MR) is 128 cm³/mol. The lowest BCUT2D eigenvalue weighted by Gasteiger charge is -2.11. The smallest absolute Gasteiger partial charge is 0.354 e. The van der Waals surface area contributed by atoms with Crippen molar-refractivity contribution in [2.24, 2.45) is 0 Å². The van der Waals surface area contributed by atoms with Gasteiger partial charge in [0.1, 0.15) is 23.3 Å². The molecule has 0 aliphatic rings. The van der Waals surface area contributed by atoms with Gasteiger partial charge >= 0.3 is 11.9 Å². The topological polar surface area (TPSA) is 109 Å². The first kappa shape index (κ1) is 25.9. The average Bonchev–Trinajstić information content (AvgIpc) is 2.82. The van der Waals surface area contributed by atoms with Gasteiger partial charge in [0.05, 0.1) is 13.2 Å². The molecule has 0 aliphatic carbocycles. The second-order valence-electron chi connectivity index (χ2n) is 7.41. The van der Waals surface area contributed by atoms with Crippen LogP contribution in [0, 0.1) is 22.7 Å². The van der Waals surface area contributed by atoms with Crippen molar-refractivity contribution in [3.8, 4) is 23.6 Å². The number of benzene rings is 2. The highest BCUT2D eigenvalue weighted by Crippen LogP contribution is 2.30. The molecule has 2 aromatic rings. The monoisotopic (exact) mass is 458 g/mol. The van der Waals surface area contributed by atoms with Gasteiger partial charge in [-0.25, -0.2) is 9.59 Å². The van der Waals surface area contributed by atoms with Crippen LogP contribution in [-0.4, -0.2) is 25.2 Å². The Kier molecular flexibility index (Phi) is 9.61. The van der Waals surface area contributed by atoms with E-state index in [-0.39, 0.29) is 35.9 Å². The molecule has 2 rings (SSSR count). The molecule has 2 aromatic carbocycles. The zero-order chi connectivity index (χ0) is 25.1. The molecule has 0 aromatic heterocycles. The van der Waals surface area contributed by atoms with Crippen molar-refractivity contribution in [3.05, 3.63) is 70.3 Å². The molecular weight excluding hydrogens is 432 g/mol. The number of nitrogens with zero attached hydrogens (tertiary/aromatic N) is 2. The third kappa shape index (κ3) is 7.08. The van der Waals surface area contributed by atoms with Crippen LogP contribution in [-0.2, 0) is 14.3 Å². The Bertz CT molecular complexity index is 1180. The lowest BCUT2D eigenvalue weighted by molar-refractivity contribution is -0.138. The SMILES string of the molecule is CCOC(=O)C(C#N)=Cc1ccc(OC(=O)C(C#N)=Cc2ccc(C(C)C)cc2)c(OCC)c1. The largest absolute Gasteiger partial charge is 0.490 e. The van der Waals surface area contributed by atoms with E-state index in [1.54, 1.807) is 26.0 Å². The lowest BCUT2D eigenvalue weighted by atomic mass is 10.0. The Hall–Kier alpha value is -4.36. The summed E-state index contributed by atoms with van der Waals surface area (Å²) < 4.78 is 15.8. The molecule has 0 bridgehead atoms. The van der Waals surface area contributed by atoms with E-state index >= 15 is 0 Å². The standard InChI is InChI=1S/C27H26N2O5/c1-5-32-25-15-20(14-22(16-28)26(30)33-6-2)9-12-24(25)34-27(31)23(17-29)13-19-7-10-21(11-8-19)18(3)4/h7-15,18H,5-6H2,1-4H3. The first-order valence-electron chi connectivity index (χ1n) is 10.8. The maximum atomic E-state index is 12.7. The number of esters is 2. The second-order valence-corrected chi connectivity index (χ2v) is 7.41. The summed E-state index contributed by atoms with van der Waals surface area (Å²) in [5.74, 6) is -0.860. The summed E-state index contributed by atoms with van der Waals surface area (Å²) in [4.78, 5) is 24.5. The number of rotatable bonds is 9. The predicted octanol–water partition coefficient (Wildman–Crippen LogP) is 5.19. The summed E-state index contributed by atoms with van der Waals surface area (Å²) >= 11 is 0. The highest BCUT2D eigenvalue weighted by Gasteiger charge is 2.17. The molecule has 0 heterocycles. The third-order valence-corrected chi connectivity index (χ3v) is 4.65. The van der Waals surface area contributed by atoms with Crippen molar-refractivity contribution in [2.45, 2.75) is 33.6 Å². The van der Waals surface area contributed by atoms with Crippen molar-refractivity contribution in [2.75, 3.05) is 13.2 Å². The molecule has 34 heavy (non-hydrogen) atoms. The van der Waals surface area contributed by atoms with Crippen LogP contribution in [0.3, 0.4) is 0 Å². The van der Waals surface area contributed by atoms with Gasteiger partial charge in [-0.1, -0.05) is 44.2 Å². The zero-order valence-electron chi connectivity index (χ0n) is 19.6. The van der Waals surface area contributed by atoms with Crippen LogP contribution in [0.1, 0.15) is 50.3 Å². The summed E-state index contributed by atoms with van der Waals surface area (Å²) in [6.07, 6.45) is 2.82. The minimum atomic E-state index is -0.830. The normalized spacial score (nSPS) is 11.4. The highest BCUT2D eigenvalue weighted by atomic mass is 16.6. The van der Waals surface area contributed by atoms with Gasteiger partial charge in [0.25, 0.3) is 0 Å². The molecule has 0 saturated heterocycles. The van der Waals surface area contributed by atoms with Crippen LogP contribution in [0.15, 0.2) is 53.6 Å². The van der Waals surface area contributed by atoms with Gasteiger partial charge in [0.2, 0.25) is 0 Å². The molecule has 7 heteroatoms. The number of carbonyl (C=O) groups is 2. The maximum Gasteiger partial charge on any atom is 0.354 e. The third-order valence-electron chi connectivity index (χ3n) is 4.65. The van der Waals surface area contributed by atoms with Crippen molar-refractivity contribution < 1.29 is 23.8 Å². The molecule has 0 spiro atoms. The fraction of sp³-hybridized carbons (Fsp3) is 0.259. The van der Waals surface area contributed by atoms with E-state index in [2.05, 4.69) is 13.8 Å². The van der Waals surface area contributed by atoms with E-state index < -0.39 is 11.9 Å². The molecule has 0 radical (unpaired) electrons. The van der Waals surface area contributed by atoms with Gasteiger partial charge in [0.15, 0.2) is 11.5 Å². The molecule has 0 unspecified atom stereocenters. The summed E-state index contributed by atoms with van der Waals surface area (Å²) in [5.41, 5.74) is 1.99. The second kappa shape index (κ2) is 12.6. The summed E-state index contributed by atoms with van der Waals surface area (Å²) in [6, 6.07) is 15.8. The fourth-order valence-corrected chi connectivity index (χ4v) is 2.91.